The molecule has 4 rings (SSSR count). The van der Waals surface area contributed by atoms with Crippen molar-refractivity contribution in [3.05, 3.63) is 60.1 Å². The van der Waals surface area contributed by atoms with Gasteiger partial charge in [-0.2, -0.15) is 0 Å². The number of hydrogen-bond donors (Lipinski definition) is 1. The van der Waals surface area contributed by atoms with Crippen molar-refractivity contribution in [1.82, 2.24) is 29.9 Å². The Morgan fingerprint density at radius 3 is 2.85 bits per heavy atom. The third kappa shape index (κ3) is 3.51. The molecule has 0 spiro atoms. The minimum absolute atomic E-state index is 0.280. The monoisotopic (exact) mass is 379 g/mol. The number of aromatic nitrogens is 6. The van der Waals surface area contributed by atoms with E-state index < -0.39 is 0 Å². The summed E-state index contributed by atoms with van der Waals surface area (Å²) in [6.07, 6.45) is 6.25. The number of anilines is 1. The molecule has 0 aliphatic heterocycles. The van der Waals surface area contributed by atoms with E-state index in [9.17, 15) is 4.79 Å². The minimum atomic E-state index is -0.368. The van der Waals surface area contributed by atoms with Gasteiger partial charge in [0.2, 0.25) is 0 Å². The lowest BCUT2D eigenvalue weighted by Gasteiger charge is -2.05. The Balaban J connectivity index is 1.53. The SMILES string of the molecule is COc1ccc(-c2csc(NC(=O)c3cnnn3-c3cccnc3)n2)nc1. The molecular formula is C17H13N7O2S. The van der Waals surface area contributed by atoms with E-state index in [-0.39, 0.29) is 11.6 Å². The fourth-order valence-corrected chi connectivity index (χ4v) is 3.02. The van der Waals surface area contributed by atoms with Gasteiger partial charge < -0.3 is 4.74 Å². The lowest BCUT2D eigenvalue weighted by molar-refractivity contribution is 0.101. The number of hydrogen-bond acceptors (Lipinski definition) is 8. The highest BCUT2D eigenvalue weighted by atomic mass is 32.1. The third-order valence-electron chi connectivity index (χ3n) is 3.63. The predicted octanol–water partition coefficient (Wildman–Crippen LogP) is 2.44. The molecule has 4 heterocycles. The maximum absolute atomic E-state index is 12.6. The number of amides is 1. The van der Waals surface area contributed by atoms with E-state index >= 15 is 0 Å². The van der Waals surface area contributed by atoms with Crippen LogP contribution in [0.3, 0.4) is 0 Å². The van der Waals surface area contributed by atoms with Gasteiger partial charge in [0.1, 0.15) is 11.4 Å². The number of pyridine rings is 2. The van der Waals surface area contributed by atoms with Crippen LogP contribution in [-0.2, 0) is 0 Å². The van der Waals surface area contributed by atoms with Crippen LogP contribution in [0.1, 0.15) is 10.5 Å². The Kier molecular flexibility index (Phi) is 4.54. The molecule has 4 aromatic rings. The first-order valence-corrected chi connectivity index (χ1v) is 8.71. The molecule has 4 aromatic heterocycles. The summed E-state index contributed by atoms with van der Waals surface area (Å²) in [7, 11) is 1.58. The molecule has 27 heavy (non-hydrogen) atoms. The molecule has 0 bridgehead atoms. The number of nitrogens with zero attached hydrogens (tertiary/aromatic N) is 6. The quantitative estimate of drug-likeness (QED) is 0.567. The zero-order chi connectivity index (χ0) is 18.6. The Labute approximate surface area is 157 Å². The highest BCUT2D eigenvalue weighted by Crippen LogP contribution is 2.25. The number of methoxy groups -OCH3 is 1. The molecule has 10 heteroatoms. The van der Waals surface area contributed by atoms with E-state index in [0.29, 0.717) is 28.0 Å². The van der Waals surface area contributed by atoms with Crippen molar-refractivity contribution in [3.63, 3.8) is 0 Å². The van der Waals surface area contributed by atoms with Crippen LogP contribution in [-0.4, -0.2) is 43.0 Å². The molecule has 1 N–H and O–H groups in total. The first-order chi connectivity index (χ1) is 13.2. The summed E-state index contributed by atoms with van der Waals surface area (Å²) in [6, 6.07) is 7.15. The summed E-state index contributed by atoms with van der Waals surface area (Å²) in [6.45, 7) is 0. The van der Waals surface area contributed by atoms with Gasteiger partial charge in [0.05, 0.1) is 37.1 Å². The molecule has 0 aromatic carbocycles. The second-order valence-electron chi connectivity index (χ2n) is 5.32. The Bertz CT molecular complexity index is 1060. The molecule has 0 fully saturated rings. The molecule has 134 valence electrons. The maximum Gasteiger partial charge on any atom is 0.277 e. The largest absolute Gasteiger partial charge is 0.495 e. The van der Waals surface area contributed by atoms with E-state index in [4.69, 9.17) is 4.74 Å². The van der Waals surface area contributed by atoms with Crippen LogP contribution >= 0.6 is 11.3 Å². The molecule has 1 amide bonds. The average molecular weight is 379 g/mol. The van der Waals surface area contributed by atoms with Gasteiger partial charge in [-0.3, -0.25) is 20.1 Å². The number of carbonyl (C=O) groups excluding carboxylic acids is 1. The zero-order valence-corrected chi connectivity index (χ0v) is 14.9. The first kappa shape index (κ1) is 16.8. The smallest absolute Gasteiger partial charge is 0.277 e. The minimum Gasteiger partial charge on any atom is -0.495 e. The fourth-order valence-electron chi connectivity index (χ4n) is 2.32. The molecule has 0 aliphatic carbocycles. The van der Waals surface area contributed by atoms with Crippen molar-refractivity contribution in [1.29, 1.82) is 0 Å². The molecule has 0 atom stereocenters. The van der Waals surface area contributed by atoms with Crippen molar-refractivity contribution in [2.45, 2.75) is 0 Å². The van der Waals surface area contributed by atoms with Crippen LogP contribution in [0.2, 0.25) is 0 Å². The normalized spacial score (nSPS) is 10.6. The van der Waals surface area contributed by atoms with Crippen molar-refractivity contribution < 1.29 is 9.53 Å². The van der Waals surface area contributed by atoms with Crippen molar-refractivity contribution in [3.8, 4) is 22.8 Å². The molecule has 9 nitrogen and oxygen atoms in total. The van der Waals surface area contributed by atoms with Gasteiger partial charge >= 0.3 is 0 Å². The molecule has 0 saturated carbocycles. The standard InChI is InChI=1S/C17H13N7O2S/c1-26-12-4-5-13(19-8-12)14-10-27-17(21-14)22-16(25)15-9-20-23-24(15)11-3-2-6-18-7-11/h2-10H,1H3,(H,21,22,25). The first-order valence-electron chi connectivity index (χ1n) is 7.83. The van der Waals surface area contributed by atoms with E-state index in [1.165, 1.54) is 22.2 Å². The average Bonchev–Trinajstić information content (AvgIpc) is 3.38. The van der Waals surface area contributed by atoms with E-state index in [1.807, 2.05) is 5.38 Å². The Morgan fingerprint density at radius 2 is 2.11 bits per heavy atom. The van der Waals surface area contributed by atoms with Gasteiger partial charge in [0, 0.05) is 11.6 Å². The summed E-state index contributed by atoms with van der Waals surface area (Å²) in [4.78, 5) is 25.3. The van der Waals surface area contributed by atoms with Gasteiger partial charge in [-0.15, -0.1) is 16.4 Å². The summed E-state index contributed by atoms with van der Waals surface area (Å²) in [5, 5.41) is 12.8. The number of carbonyl (C=O) groups is 1. The van der Waals surface area contributed by atoms with Gasteiger partial charge in [-0.05, 0) is 24.3 Å². The van der Waals surface area contributed by atoms with E-state index in [0.717, 1.165) is 0 Å². The van der Waals surface area contributed by atoms with Crippen LogP contribution < -0.4 is 10.1 Å². The van der Waals surface area contributed by atoms with Crippen LogP contribution in [0.4, 0.5) is 5.13 Å². The van der Waals surface area contributed by atoms with Crippen molar-refractivity contribution >= 4 is 22.4 Å². The summed E-state index contributed by atoms with van der Waals surface area (Å²) < 4.78 is 6.51. The van der Waals surface area contributed by atoms with Crippen molar-refractivity contribution in [2.24, 2.45) is 0 Å². The van der Waals surface area contributed by atoms with Gasteiger partial charge in [-0.25, -0.2) is 9.67 Å². The van der Waals surface area contributed by atoms with Gasteiger partial charge in [-0.1, -0.05) is 5.21 Å². The number of rotatable bonds is 5. The van der Waals surface area contributed by atoms with Crippen LogP contribution in [0, 0.1) is 0 Å². The maximum atomic E-state index is 12.6. The zero-order valence-electron chi connectivity index (χ0n) is 14.1. The highest BCUT2D eigenvalue weighted by molar-refractivity contribution is 7.14. The van der Waals surface area contributed by atoms with Crippen LogP contribution in [0.15, 0.2) is 54.4 Å². The lowest BCUT2D eigenvalue weighted by atomic mass is 10.3. The third-order valence-corrected chi connectivity index (χ3v) is 4.39. The van der Waals surface area contributed by atoms with Crippen LogP contribution in [0.5, 0.6) is 5.75 Å². The second-order valence-corrected chi connectivity index (χ2v) is 6.18. The summed E-state index contributed by atoms with van der Waals surface area (Å²) in [5.41, 5.74) is 2.27. The fraction of sp³-hybridized carbons (Fsp3) is 0.0588. The number of ether oxygens (including phenoxy) is 1. The highest BCUT2D eigenvalue weighted by Gasteiger charge is 2.17. The van der Waals surface area contributed by atoms with Gasteiger partial charge in [0.25, 0.3) is 5.91 Å². The predicted molar refractivity (Wildman–Crippen MR) is 99.0 cm³/mol. The Hall–Kier alpha value is -3.66. The molecule has 0 radical (unpaired) electrons. The van der Waals surface area contributed by atoms with Gasteiger partial charge in [0.15, 0.2) is 10.8 Å². The lowest BCUT2D eigenvalue weighted by Crippen LogP contribution is -2.17. The number of thiazole rings is 1. The van der Waals surface area contributed by atoms with Crippen molar-refractivity contribution in [2.75, 3.05) is 12.4 Å². The molecule has 0 aliphatic rings. The second kappa shape index (κ2) is 7.30. The molecular weight excluding hydrogens is 366 g/mol. The van der Waals surface area contributed by atoms with Crippen LogP contribution in [0.25, 0.3) is 17.1 Å². The topological polar surface area (TPSA) is 108 Å². The molecule has 0 saturated heterocycles. The van der Waals surface area contributed by atoms with E-state index in [2.05, 4.69) is 30.6 Å². The molecule has 0 unspecified atom stereocenters. The Morgan fingerprint density at radius 1 is 1.19 bits per heavy atom. The summed E-state index contributed by atoms with van der Waals surface area (Å²) in [5.74, 6) is 0.297. The summed E-state index contributed by atoms with van der Waals surface area (Å²) >= 11 is 1.30. The van der Waals surface area contributed by atoms with E-state index in [1.54, 1.807) is 50.0 Å². The number of nitrogens with one attached hydrogen (secondary N) is 1.